The third-order valence-electron chi connectivity index (χ3n) is 4.69. The molecule has 1 aliphatic carbocycles. The second kappa shape index (κ2) is 7.52. The van der Waals surface area contributed by atoms with E-state index in [-0.39, 0.29) is 30.1 Å². The van der Waals surface area contributed by atoms with Crippen molar-refractivity contribution in [1.29, 1.82) is 0 Å². The van der Waals surface area contributed by atoms with E-state index in [1.807, 2.05) is 0 Å². The lowest BCUT2D eigenvalue weighted by atomic mass is 9.89. The van der Waals surface area contributed by atoms with Crippen molar-refractivity contribution in [2.75, 3.05) is 26.2 Å². The maximum absolute atomic E-state index is 14.2. The summed E-state index contributed by atoms with van der Waals surface area (Å²) in [6.45, 7) is 3.54. The molecule has 21 heavy (non-hydrogen) atoms. The van der Waals surface area contributed by atoms with E-state index in [2.05, 4.69) is 10.2 Å². The average molecular weight is 317 g/mol. The Balaban J connectivity index is 0.00000161. The fourth-order valence-corrected chi connectivity index (χ4v) is 3.74. The predicted molar refractivity (Wildman–Crippen MR) is 82.7 cm³/mol. The maximum Gasteiger partial charge on any atom is 0.130 e. The Hall–Kier alpha value is -0.710. The Morgan fingerprint density at radius 3 is 2.19 bits per heavy atom. The monoisotopic (exact) mass is 316 g/mol. The molecule has 1 saturated carbocycles. The van der Waals surface area contributed by atoms with Gasteiger partial charge < -0.3 is 5.32 Å². The van der Waals surface area contributed by atoms with Crippen LogP contribution in [0, 0.1) is 17.6 Å². The zero-order valence-corrected chi connectivity index (χ0v) is 13.0. The van der Waals surface area contributed by atoms with Crippen LogP contribution in [0.2, 0.25) is 0 Å². The normalized spacial score (nSPS) is 22.0. The van der Waals surface area contributed by atoms with Crippen molar-refractivity contribution in [3.8, 4) is 0 Å². The highest BCUT2D eigenvalue weighted by atomic mass is 35.5. The van der Waals surface area contributed by atoms with Gasteiger partial charge >= 0.3 is 0 Å². The molecular formula is C16H23ClF2N2. The van der Waals surface area contributed by atoms with E-state index in [0.717, 1.165) is 39.0 Å². The molecule has 0 bridgehead atoms. The molecule has 1 atom stereocenters. The van der Waals surface area contributed by atoms with Crippen molar-refractivity contribution >= 4 is 12.4 Å². The van der Waals surface area contributed by atoms with Gasteiger partial charge in [0.05, 0.1) is 0 Å². The molecule has 3 rings (SSSR count). The quantitative estimate of drug-likeness (QED) is 0.918. The third kappa shape index (κ3) is 3.55. The second-order valence-electron chi connectivity index (χ2n) is 5.91. The van der Waals surface area contributed by atoms with Crippen LogP contribution in [0.25, 0.3) is 0 Å². The largest absolute Gasteiger partial charge is 0.314 e. The lowest BCUT2D eigenvalue weighted by molar-refractivity contribution is 0.119. The number of benzene rings is 1. The number of rotatable bonds is 3. The first-order valence-electron chi connectivity index (χ1n) is 7.66. The predicted octanol–water partition coefficient (Wildman–Crippen LogP) is 3.52. The van der Waals surface area contributed by atoms with Crippen LogP contribution in [-0.4, -0.2) is 31.1 Å². The van der Waals surface area contributed by atoms with Gasteiger partial charge in [-0.05, 0) is 30.9 Å². The van der Waals surface area contributed by atoms with Crippen LogP contribution in [-0.2, 0) is 0 Å². The minimum Gasteiger partial charge on any atom is -0.314 e. The SMILES string of the molecule is Cl.Fc1cccc(F)c1[C@H](C1CCCC1)N1CCNCC1. The summed E-state index contributed by atoms with van der Waals surface area (Å²) in [7, 11) is 0. The van der Waals surface area contributed by atoms with E-state index in [1.165, 1.54) is 31.0 Å². The van der Waals surface area contributed by atoms with Crippen molar-refractivity contribution in [2.45, 2.75) is 31.7 Å². The summed E-state index contributed by atoms with van der Waals surface area (Å²) in [5, 5.41) is 3.31. The topological polar surface area (TPSA) is 15.3 Å². The number of piperazine rings is 1. The smallest absolute Gasteiger partial charge is 0.130 e. The summed E-state index contributed by atoms with van der Waals surface area (Å²) < 4.78 is 28.5. The molecule has 1 N–H and O–H groups in total. The third-order valence-corrected chi connectivity index (χ3v) is 4.69. The number of nitrogens with zero attached hydrogens (tertiary/aromatic N) is 1. The van der Waals surface area contributed by atoms with Crippen LogP contribution in [0.4, 0.5) is 8.78 Å². The average Bonchev–Trinajstić information content (AvgIpc) is 2.98. The molecule has 0 spiro atoms. The lowest BCUT2D eigenvalue weighted by Crippen LogP contribution is -2.47. The molecule has 0 amide bonds. The van der Waals surface area contributed by atoms with Crippen molar-refractivity contribution in [2.24, 2.45) is 5.92 Å². The van der Waals surface area contributed by atoms with Crippen LogP contribution in [0.1, 0.15) is 37.3 Å². The van der Waals surface area contributed by atoms with Crippen LogP contribution in [0.5, 0.6) is 0 Å². The summed E-state index contributed by atoms with van der Waals surface area (Å²) in [4.78, 5) is 2.27. The van der Waals surface area contributed by atoms with Gasteiger partial charge in [0.15, 0.2) is 0 Å². The minimum atomic E-state index is -0.388. The van der Waals surface area contributed by atoms with E-state index < -0.39 is 0 Å². The highest BCUT2D eigenvalue weighted by Crippen LogP contribution is 2.41. The Bertz CT molecular complexity index is 437. The van der Waals surface area contributed by atoms with E-state index in [9.17, 15) is 8.78 Å². The number of halogens is 3. The molecule has 1 aromatic rings. The van der Waals surface area contributed by atoms with Crippen LogP contribution in [0.15, 0.2) is 18.2 Å². The summed E-state index contributed by atoms with van der Waals surface area (Å²) in [6.07, 6.45) is 4.54. The first-order valence-corrected chi connectivity index (χ1v) is 7.66. The van der Waals surface area contributed by atoms with E-state index in [1.54, 1.807) is 0 Å². The molecular weight excluding hydrogens is 294 g/mol. The molecule has 0 aromatic heterocycles. The highest BCUT2D eigenvalue weighted by Gasteiger charge is 2.35. The van der Waals surface area contributed by atoms with Gasteiger partial charge in [0, 0.05) is 37.8 Å². The van der Waals surface area contributed by atoms with Crippen molar-refractivity contribution in [3.05, 3.63) is 35.4 Å². The van der Waals surface area contributed by atoms with Gasteiger partial charge in [0.2, 0.25) is 0 Å². The molecule has 5 heteroatoms. The molecule has 118 valence electrons. The van der Waals surface area contributed by atoms with Crippen LogP contribution in [0.3, 0.4) is 0 Å². The lowest BCUT2D eigenvalue weighted by Gasteiger charge is -2.38. The van der Waals surface area contributed by atoms with Crippen LogP contribution >= 0.6 is 12.4 Å². The van der Waals surface area contributed by atoms with Gasteiger partial charge in [-0.3, -0.25) is 4.90 Å². The Labute approximate surface area is 131 Å². The van der Waals surface area contributed by atoms with Crippen molar-refractivity contribution < 1.29 is 8.78 Å². The molecule has 1 aromatic carbocycles. The first kappa shape index (κ1) is 16.7. The molecule has 2 fully saturated rings. The molecule has 0 radical (unpaired) electrons. The van der Waals surface area contributed by atoms with Crippen LogP contribution < -0.4 is 5.32 Å². The zero-order valence-electron chi connectivity index (χ0n) is 12.2. The number of hydrogen-bond donors (Lipinski definition) is 1. The van der Waals surface area contributed by atoms with Gasteiger partial charge in [0.1, 0.15) is 11.6 Å². The summed E-state index contributed by atoms with van der Waals surface area (Å²) >= 11 is 0. The summed E-state index contributed by atoms with van der Waals surface area (Å²) in [5.41, 5.74) is 0.293. The molecule has 1 heterocycles. The first-order chi connectivity index (χ1) is 9.77. The fraction of sp³-hybridized carbons (Fsp3) is 0.625. The van der Waals surface area contributed by atoms with Gasteiger partial charge in [-0.25, -0.2) is 8.78 Å². The van der Waals surface area contributed by atoms with Crippen molar-refractivity contribution in [1.82, 2.24) is 10.2 Å². The maximum atomic E-state index is 14.2. The molecule has 1 saturated heterocycles. The Morgan fingerprint density at radius 1 is 1.05 bits per heavy atom. The fourth-order valence-electron chi connectivity index (χ4n) is 3.74. The number of nitrogens with one attached hydrogen (secondary N) is 1. The number of hydrogen-bond acceptors (Lipinski definition) is 2. The summed E-state index contributed by atoms with van der Waals surface area (Å²) in [6, 6.07) is 4.14. The minimum absolute atomic E-state index is 0. The van der Waals surface area contributed by atoms with Gasteiger partial charge in [-0.2, -0.15) is 0 Å². The molecule has 0 unspecified atom stereocenters. The van der Waals surface area contributed by atoms with E-state index in [4.69, 9.17) is 0 Å². The summed E-state index contributed by atoms with van der Waals surface area (Å²) in [5.74, 6) is -0.389. The Morgan fingerprint density at radius 2 is 1.62 bits per heavy atom. The van der Waals surface area contributed by atoms with Gasteiger partial charge in [-0.1, -0.05) is 18.9 Å². The molecule has 1 aliphatic heterocycles. The van der Waals surface area contributed by atoms with Gasteiger partial charge in [0.25, 0.3) is 0 Å². The Kier molecular flexibility index (Phi) is 5.97. The molecule has 2 nitrogen and oxygen atoms in total. The van der Waals surface area contributed by atoms with Crippen molar-refractivity contribution in [3.63, 3.8) is 0 Å². The zero-order chi connectivity index (χ0) is 13.9. The highest BCUT2D eigenvalue weighted by molar-refractivity contribution is 5.85. The van der Waals surface area contributed by atoms with Gasteiger partial charge in [-0.15, -0.1) is 12.4 Å². The van der Waals surface area contributed by atoms with E-state index >= 15 is 0 Å². The van der Waals surface area contributed by atoms with E-state index in [0.29, 0.717) is 11.5 Å². The standard InChI is InChI=1S/C16H22F2N2.ClH/c17-13-6-3-7-14(18)15(13)16(12-4-1-2-5-12)20-10-8-19-9-11-20;/h3,6-7,12,16,19H,1-2,4-5,8-11H2;1H/t16-;/m0./s1. The second-order valence-corrected chi connectivity index (χ2v) is 5.91. The molecule has 2 aliphatic rings.